The largest absolute Gasteiger partial charge is 0.360 e. The molecule has 2 rings (SSSR count). The fraction of sp³-hybridized carbons (Fsp3) is 0.308. The van der Waals surface area contributed by atoms with Gasteiger partial charge in [-0.3, -0.25) is 0 Å². The summed E-state index contributed by atoms with van der Waals surface area (Å²) >= 11 is 4.88. The number of aromatic nitrogens is 1. The molecule has 0 radical (unpaired) electrons. The molecule has 2 heterocycles. The lowest BCUT2D eigenvalue weighted by Crippen LogP contribution is -2.11. The molecule has 0 aliphatic heterocycles. The summed E-state index contributed by atoms with van der Waals surface area (Å²) in [6, 6.07) is 5.62. The van der Waals surface area contributed by atoms with Crippen molar-refractivity contribution in [3.8, 4) is 0 Å². The normalized spacial score (nSPS) is 12.4. The van der Waals surface area contributed by atoms with E-state index < -0.39 is 0 Å². The van der Waals surface area contributed by atoms with Gasteiger partial charge in [-0.15, -0.1) is 11.3 Å². The van der Waals surface area contributed by atoms with Gasteiger partial charge >= 0.3 is 0 Å². The van der Waals surface area contributed by atoms with Gasteiger partial charge in [0, 0.05) is 15.5 Å². The lowest BCUT2D eigenvalue weighted by atomic mass is 10.1. The summed E-state index contributed by atoms with van der Waals surface area (Å²) in [6.07, 6.45) is 3.59. The quantitative estimate of drug-likeness (QED) is 0.835. The Morgan fingerprint density at radius 1 is 1.56 bits per heavy atom. The summed E-state index contributed by atoms with van der Waals surface area (Å²) in [5.41, 5.74) is 0. The zero-order valence-electron chi connectivity index (χ0n) is 9.99. The van der Waals surface area contributed by atoms with Crippen molar-refractivity contribution in [2.75, 3.05) is 5.32 Å². The van der Waals surface area contributed by atoms with Gasteiger partial charge in [-0.05, 0) is 39.9 Å². The topological polar surface area (TPSA) is 24.9 Å². The van der Waals surface area contributed by atoms with Crippen LogP contribution in [0.4, 0.5) is 10.2 Å². The smallest absolute Gasteiger partial charge is 0.166 e. The van der Waals surface area contributed by atoms with Crippen molar-refractivity contribution in [1.29, 1.82) is 0 Å². The number of hydrogen-bond acceptors (Lipinski definition) is 3. The Morgan fingerprint density at radius 3 is 3.00 bits per heavy atom. The molecule has 1 N–H and O–H groups in total. The van der Waals surface area contributed by atoms with Crippen molar-refractivity contribution in [2.24, 2.45) is 0 Å². The molecular weight excluding hydrogens is 315 g/mol. The molecule has 96 valence electrons. The van der Waals surface area contributed by atoms with Gasteiger partial charge in [-0.2, -0.15) is 0 Å². The molecule has 0 saturated heterocycles. The zero-order valence-corrected chi connectivity index (χ0v) is 12.4. The third-order valence-electron chi connectivity index (χ3n) is 2.58. The summed E-state index contributed by atoms with van der Waals surface area (Å²) in [6.45, 7) is 2.12. The van der Waals surface area contributed by atoms with Gasteiger partial charge in [0.15, 0.2) is 11.6 Å². The summed E-state index contributed by atoms with van der Waals surface area (Å²) in [4.78, 5) is 5.29. The van der Waals surface area contributed by atoms with Crippen molar-refractivity contribution in [3.05, 3.63) is 44.9 Å². The molecule has 0 saturated carbocycles. The predicted molar refractivity (Wildman–Crippen MR) is 77.5 cm³/mol. The molecule has 0 aliphatic carbocycles. The van der Waals surface area contributed by atoms with E-state index in [9.17, 15) is 4.39 Å². The van der Waals surface area contributed by atoms with Crippen LogP contribution in [0.1, 0.15) is 30.7 Å². The number of thiophene rings is 1. The van der Waals surface area contributed by atoms with Crippen molar-refractivity contribution in [1.82, 2.24) is 4.98 Å². The monoisotopic (exact) mass is 328 g/mol. The highest BCUT2D eigenvalue weighted by Gasteiger charge is 2.14. The Hall–Kier alpha value is -0.940. The maximum absolute atomic E-state index is 13.7. The summed E-state index contributed by atoms with van der Waals surface area (Å²) < 4.78 is 14.4. The molecule has 0 aliphatic rings. The van der Waals surface area contributed by atoms with Crippen molar-refractivity contribution < 1.29 is 4.39 Å². The number of nitrogens with zero attached hydrogens (tertiary/aromatic N) is 1. The SMILES string of the molecule is CCCC(Nc1ncc(Br)cc1F)c1cccs1. The predicted octanol–water partition coefficient (Wildman–Crippen LogP) is 5.00. The van der Waals surface area contributed by atoms with E-state index in [1.807, 2.05) is 11.4 Å². The van der Waals surface area contributed by atoms with Crippen LogP contribution < -0.4 is 5.32 Å². The van der Waals surface area contributed by atoms with E-state index in [-0.39, 0.29) is 11.9 Å². The first kappa shape index (κ1) is 13.5. The number of anilines is 1. The van der Waals surface area contributed by atoms with Crippen LogP contribution in [-0.4, -0.2) is 4.98 Å². The maximum Gasteiger partial charge on any atom is 0.166 e. The molecule has 2 aromatic rings. The minimum Gasteiger partial charge on any atom is -0.360 e. The molecule has 0 aromatic carbocycles. The van der Waals surface area contributed by atoms with Gasteiger partial charge in [0.1, 0.15) is 0 Å². The van der Waals surface area contributed by atoms with Crippen LogP contribution in [0, 0.1) is 5.82 Å². The van der Waals surface area contributed by atoms with E-state index in [1.54, 1.807) is 17.5 Å². The highest BCUT2D eigenvalue weighted by molar-refractivity contribution is 9.10. The highest BCUT2D eigenvalue weighted by atomic mass is 79.9. The van der Waals surface area contributed by atoms with E-state index >= 15 is 0 Å². The first-order chi connectivity index (χ1) is 8.70. The van der Waals surface area contributed by atoms with E-state index in [4.69, 9.17) is 0 Å². The molecule has 0 bridgehead atoms. The summed E-state index contributed by atoms with van der Waals surface area (Å²) in [7, 11) is 0. The molecule has 0 spiro atoms. The number of hydrogen-bond donors (Lipinski definition) is 1. The second-order valence-electron chi connectivity index (χ2n) is 3.98. The van der Waals surface area contributed by atoms with Gasteiger partial charge in [0.25, 0.3) is 0 Å². The Kier molecular flexibility index (Phi) is 4.72. The minimum absolute atomic E-state index is 0.123. The van der Waals surface area contributed by atoms with Crippen LogP contribution in [0.5, 0.6) is 0 Å². The molecule has 0 amide bonds. The second-order valence-corrected chi connectivity index (χ2v) is 5.88. The average molecular weight is 329 g/mol. The lowest BCUT2D eigenvalue weighted by molar-refractivity contribution is 0.611. The fourth-order valence-corrected chi connectivity index (χ4v) is 2.87. The Labute approximate surface area is 118 Å². The van der Waals surface area contributed by atoms with Crippen LogP contribution in [-0.2, 0) is 0 Å². The number of pyridine rings is 1. The lowest BCUT2D eigenvalue weighted by Gasteiger charge is -2.17. The standard InChI is InChI=1S/C13H14BrFN2S/c1-2-4-11(12-5-3-6-18-12)17-13-10(15)7-9(14)8-16-13/h3,5-8,11H,2,4H2,1H3,(H,16,17). The van der Waals surface area contributed by atoms with E-state index in [0.717, 1.165) is 12.8 Å². The van der Waals surface area contributed by atoms with Gasteiger partial charge < -0.3 is 5.32 Å². The third kappa shape index (κ3) is 3.29. The van der Waals surface area contributed by atoms with Crippen LogP contribution >= 0.6 is 27.3 Å². The molecule has 1 unspecified atom stereocenters. The van der Waals surface area contributed by atoms with Crippen molar-refractivity contribution in [2.45, 2.75) is 25.8 Å². The van der Waals surface area contributed by atoms with E-state index in [0.29, 0.717) is 10.3 Å². The van der Waals surface area contributed by atoms with Crippen LogP contribution in [0.25, 0.3) is 0 Å². The number of halogens is 2. The number of rotatable bonds is 5. The van der Waals surface area contributed by atoms with Gasteiger partial charge in [0.05, 0.1) is 6.04 Å². The van der Waals surface area contributed by atoms with Gasteiger partial charge in [-0.1, -0.05) is 19.4 Å². The Morgan fingerprint density at radius 2 is 2.39 bits per heavy atom. The molecule has 1 atom stereocenters. The molecule has 5 heteroatoms. The van der Waals surface area contributed by atoms with Crippen LogP contribution in [0.15, 0.2) is 34.2 Å². The summed E-state index contributed by atoms with van der Waals surface area (Å²) in [5, 5.41) is 5.21. The van der Waals surface area contributed by atoms with Crippen LogP contribution in [0.3, 0.4) is 0 Å². The summed E-state index contributed by atoms with van der Waals surface area (Å²) in [5.74, 6) is -0.0212. The highest BCUT2D eigenvalue weighted by Crippen LogP contribution is 2.28. The van der Waals surface area contributed by atoms with E-state index in [2.05, 4.69) is 39.2 Å². The molecule has 2 aromatic heterocycles. The van der Waals surface area contributed by atoms with Gasteiger partial charge in [0.2, 0.25) is 0 Å². The Bertz CT molecular complexity index is 502. The Balaban J connectivity index is 2.18. The zero-order chi connectivity index (χ0) is 13.0. The van der Waals surface area contributed by atoms with Crippen molar-refractivity contribution >= 4 is 33.1 Å². The van der Waals surface area contributed by atoms with E-state index in [1.165, 1.54) is 10.9 Å². The van der Waals surface area contributed by atoms with Crippen molar-refractivity contribution in [3.63, 3.8) is 0 Å². The first-order valence-electron chi connectivity index (χ1n) is 5.81. The molecule has 2 nitrogen and oxygen atoms in total. The van der Waals surface area contributed by atoms with Gasteiger partial charge in [-0.25, -0.2) is 9.37 Å². The second kappa shape index (κ2) is 6.29. The maximum atomic E-state index is 13.7. The average Bonchev–Trinajstić information content (AvgIpc) is 2.85. The first-order valence-corrected chi connectivity index (χ1v) is 7.49. The third-order valence-corrected chi connectivity index (χ3v) is 4.00. The van der Waals surface area contributed by atoms with Crippen LogP contribution in [0.2, 0.25) is 0 Å². The number of nitrogens with one attached hydrogen (secondary N) is 1. The fourth-order valence-electron chi connectivity index (χ4n) is 1.75. The molecule has 18 heavy (non-hydrogen) atoms. The molecular formula is C13H14BrFN2S. The minimum atomic E-state index is -0.331. The molecule has 0 fully saturated rings.